The number of likely N-dealkylation sites (tertiary alicyclic amines) is 1. The first-order chi connectivity index (χ1) is 15.3. The molecule has 2 aromatic rings. The Kier molecular flexibility index (Phi) is 6.20. The standard InChI is InChI=1S/C22H21F3N2O6/c1-21(19(28)29)11-16(15-4-2-14(3-5-15)10-22(23,24)25)12-27(13-21,20(30)31)18-8-6-17(7-9-18)26(32)33/h2-9,16H,10-13H2,1H3,(H-,28,29,30,31). The summed E-state index contributed by atoms with van der Waals surface area (Å²) in [7, 11) is 0. The van der Waals surface area contributed by atoms with Crippen molar-refractivity contribution in [1.29, 1.82) is 0 Å². The fourth-order valence-corrected chi connectivity index (χ4v) is 4.53. The zero-order chi connectivity index (χ0) is 24.6. The van der Waals surface area contributed by atoms with Gasteiger partial charge in [-0.3, -0.25) is 14.9 Å². The molecule has 11 heteroatoms. The van der Waals surface area contributed by atoms with Gasteiger partial charge in [-0.1, -0.05) is 24.3 Å². The number of aliphatic carboxylic acids is 1. The van der Waals surface area contributed by atoms with E-state index in [9.17, 15) is 43.1 Å². The van der Waals surface area contributed by atoms with Crippen molar-refractivity contribution in [2.24, 2.45) is 5.41 Å². The number of nitro groups is 1. The minimum Gasteiger partial charge on any atom is -0.498 e. The zero-order valence-electron chi connectivity index (χ0n) is 17.5. The minimum atomic E-state index is -4.38. The first-order valence-electron chi connectivity index (χ1n) is 9.98. The van der Waals surface area contributed by atoms with Gasteiger partial charge < -0.3 is 15.0 Å². The molecule has 0 spiro atoms. The Morgan fingerprint density at radius 1 is 1.15 bits per heavy atom. The highest BCUT2D eigenvalue weighted by Crippen LogP contribution is 2.44. The van der Waals surface area contributed by atoms with E-state index in [0.29, 0.717) is 5.56 Å². The first kappa shape index (κ1) is 24.2. The van der Waals surface area contributed by atoms with E-state index in [1.54, 1.807) is 0 Å². The fraction of sp³-hybridized carbons (Fsp3) is 0.364. The van der Waals surface area contributed by atoms with E-state index in [1.807, 2.05) is 0 Å². The third-order valence-corrected chi connectivity index (χ3v) is 6.12. The van der Waals surface area contributed by atoms with Crippen LogP contribution in [0.15, 0.2) is 48.5 Å². The molecule has 176 valence electrons. The number of non-ortho nitro benzene ring substituents is 1. The van der Waals surface area contributed by atoms with Crippen LogP contribution in [0.5, 0.6) is 0 Å². The molecule has 1 N–H and O–H groups in total. The number of nitro benzene ring substituents is 1. The number of hydrogen-bond acceptors (Lipinski definition) is 5. The molecule has 3 unspecified atom stereocenters. The number of benzene rings is 2. The van der Waals surface area contributed by atoms with Gasteiger partial charge in [0.25, 0.3) is 11.8 Å². The minimum absolute atomic E-state index is 0.0269. The number of alkyl halides is 3. The highest BCUT2D eigenvalue weighted by molar-refractivity contribution is 5.83. The van der Waals surface area contributed by atoms with Crippen LogP contribution in [0, 0.1) is 15.5 Å². The maximum atomic E-state index is 12.7. The molecule has 1 aliphatic rings. The van der Waals surface area contributed by atoms with E-state index < -0.39 is 45.4 Å². The average molecular weight is 466 g/mol. The topological polar surface area (TPSA) is 121 Å². The Bertz CT molecular complexity index is 1070. The summed E-state index contributed by atoms with van der Waals surface area (Å²) >= 11 is 0. The van der Waals surface area contributed by atoms with E-state index in [1.165, 1.54) is 43.3 Å². The monoisotopic (exact) mass is 466 g/mol. The molecule has 0 radical (unpaired) electrons. The molecule has 1 fully saturated rings. The smallest absolute Gasteiger partial charge is 0.393 e. The van der Waals surface area contributed by atoms with Gasteiger partial charge in [0, 0.05) is 30.2 Å². The molecular formula is C22H21F3N2O6. The van der Waals surface area contributed by atoms with Gasteiger partial charge in [-0.05, 0) is 24.5 Å². The van der Waals surface area contributed by atoms with Gasteiger partial charge in [-0.15, -0.1) is 0 Å². The summed E-state index contributed by atoms with van der Waals surface area (Å²) in [5, 5.41) is 33.2. The second-order valence-electron chi connectivity index (χ2n) is 8.65. The van der Waals surface area contributed by atoms with E-state index in [4.69, 9.17) is 0 Å². The van der Waals surface area contributed by atoms with Crippen molar-refractivity contribution in [3.05, 3.63) is 69.8 Å². The second kappa shape index (κ2) is 8.47. The molecule has 0 aromatic heterocycles. The summed E-state index contributed by atoms with van der Waals surface area (Å²) in [6, 6.07) is 10.2. The molecular weight excluding hydrogens is 445 g/mol. The molecule has 2 aromatic carbocycles. The molecule has 0 bridgehead atoms. The van der Waals surface area contributed by atoms with Crippen LogP contribution < -0.4 is 9.59 Å². The van der Waals surface area contributed by atoms with Gasteiger partial charge >= 0.3 is 12.1 Å². The number of nitrogens with zero attached hydrogens (tertiary/aromatic N) is 2. The molecule has 3 rings (SSSR count). The summed E-state index contributed by atoms with van der Waals surface area (Å²) < 4.78 is 37.1. The van der Waals surface area contributed by atoms with Crippen LogP contribution in [0.2, 0.25) is 0 Å². The van der Waals surface area contributed by atoms with E-state index in [0.717, 1.165) is 12.1 Å². The lowest BCUT2D eigenvalue weighted by Crippen LogP contribution is -2.68. The number of hydrogen-bond donors (Lipinski definition) is 1. The van der Waals surface area contributed by atoms with Crippen LogP contribution >= 0.6 is 0 Å². The second-order valence-corrected chi connectivity index (χ2v) is 8.65. The van der Waals surface area contributed by atoms with Crippen LogP contribution in [-0.4, -0.2) is 41.4 Å². The van der Waals surface area contributed by atoms with Crippen molar-refractivity contribution < 1.29 is 37.9 Å². The molecule has 33 heavy (non-hydrogen) atoms. The number of halogens is 3. The largest absolute Gasteiger partial charge is 0.498 e. The lowest BCUT2D eigenvalue weighted by atomic mass is 9.73. The molecule has 1 aliphatic heterocycles. The maximum Gasteiger partial charge on any atom is 0.393 e. The normalized spacial score (nSPS) is 25.4. The Balaban J connectivity index is 2.05. The third kappa shape index (κ3) is 4.98. The molecule has 0 aliphatic carbocycles. The Labute approximate surface area is 186 Å². The number of amides is 1. The summed E-state index contributed by atoms with van der Waals surface area (Å²) in [5.74, 6) is -1.86. The van der Waals surface area contributed by atoms with E-state index >= 15 is 0 Å². The van der Waals surface area contributed by atoms with Gasteiger partial charge in [0.1, 0.15) is 17.6 Å². The SMILES string of the molecule is CC1(C(=O)O)CC(c2ccc(CC(F)(F)F)cc2)C[N+](C(=O)[O-])(c2ccc([N+](=O)[O-])cc2)C1. The highest BCUT2D eigenvalue weighted by atomic mass is 19.4. The van der Waals surface area contributed by atoms with Gasteiger partial charge in [-0.25, -0.2) is 4.48 Å². The van der Waals surface area contributed by atoms with Crippen molar-refractivity contribution in [1.82, 2.24) is 4.48 Å². The summed E-state index contributed by atoms with van der Waals surface area (Å²) in [5.41, 5.74) is -1.12. The predicted octanol–water partition coefficient (Wildman–Crippen LogP) is 3.63. The zero-order valence-corrected chi connectivity index (χ0v) is 17.5. The Morgan fingerprint density at radius 2 is 1.73 bits per heavy atom. The van der Waals surface area contributed by atoms with E-state index in [2.05, 4.69) is 0 Å². The average Bonchev–Trinajstić information content (AvgIpc) is 2.72. The summed E-state index contributed by atoms with van der Waals surface area (Å²) in [6.07, 6.45) is -7.02. The molecule has 1 heterocycles. The molecule has 1 amide bonds. The summed E-state index contributed by atoms with van der Waals surface area (Å²) in [4.78, 5) is 34.8. The van der Waals surface area contributed by atoms with Crippen molar-refractivity contribution >= 4 is 23.4 Å². The van der Waals surface area contributed by atoms with Crippen LogP contribution in [0.1, 0.15) is 30.4 Å². The van der Waals surface area contributed by atoms with Crippen molar-refractivity contribution in [3.8, 4) is 0 Å². The third-order valence-electron chi connectivity index (χ3n) is 6.12. The Hall–Kier alpha value is -3.47. The van der Waals surface area contributed by atoms with Gasteiger partial charge in [0.15, 0.2) is 0 Å². The number of carbonyl (C=O) groups is 2. The number of carboxylic acid groups (broad SMARTS) is 2. The number of quaternary nitrogens is 1. The highest BCUT2D eigenvalue weighted by Gasteiger charge is 2.53. The molecule has 8 nitrogen and oxygen atoms in total. The lowest BCUT2D eigenvalue weighted by Gasteiger charge is -2.49. The number of rotatable bonds is 5. The number of carboxylic acids is 1. The molecule has 3 atom stereocenters. The van der Waals surface area contributed by atoms with Crippen LogP contribution in [0.25, 0.3) is 0 Å². The number of piperidine rings is 1. The summed E-state index contributed by atoms with van der Waals surface area (Å²) in [6.45, 7) is 0.924. The molecule has 1 saturated heterocycles. The van der Waals surface area contributed by atoms with Crippen molar-refractivity contribution in [3.63, 3.8) is 0 Å². The number of carbonyl (C=O) groups excluding carboxylic acids is 1. The molecule has 0 saturated carbocycles. The van der Waals surface area contributed by atoms with Gasteiger partial charge in [0.05, 0.1) is 17.9 Å². The van der Waals surface area contributed by atoms with Gasteiger partial charge in [-0.2, -0.15) is 13.2 Å². The van der Waals surface area contributed by atoms with Crippen LogP contribution in [0.4, 0.5) is 29.3 Å². The maximum absolute atomic E-state index is 12.7. The fourth-order valence-electron chi connectivity index (χ4n) is 4.53. The van der Waals surface area contributed by atoms with Crippen LogP contribution in [-0.2, 0) is 11.2 Å². The lowest BCUT2D eigenvalue weighted by molar-refractivity contribution is -0.384. The quantitative estimate of drug-likeness (QED) is 0.408. The predicted molar refractivity (Wildman–Crippen MR) is 109 cm³/mol. The van der Waals surface area contributed by atoms with Crippen molar-refractivity contribution in [2.45, 2.75) is 31.9 Å². The first-order valence-corrected chi connectivity index (χ1v) is 9.98. The van der Waals surface area contributed by atoms with Gasteiger partial charge in [0.2, 0.25) is 0 Å². The Morgan fingerprint density at radius 3 is 2.18 bits per heavy atom. The van der Waals surface area contributed by atoms with E-state index in [-0.39, 0.29) is 36.4 Å². The van der Waals surface area contributed by atoms with Crippen molar-refractivity contribution in [2.75, 3.05) is 13.1 Å². The van der Waals surface area contributed by atoms with Crippen LogP contribution in [0.3, 0.4) is 0 Å².